The van der Waals surface area contributed by atoms with Gasteiger partial charge >= 0.3 is 0 Å². The van der Waals surface area contributed by atoms with E-state index in [1.54, 1.807) is 18.3 Å². The molecule has 0 aliphatic carbocycles. The predicted octanol–water partition coefficient (Wildman–Crippen LogP) is 2.09. The Balaban J connectivity index is 1.75. The molecule has 1 amide bonds. The van der Waals surface area contributed by atoms with E-state index in [0.717, 1.165) is 10.9 Å². The Morgan fingerprint density at radius 1 is 1.33 bits per heavy atom. The molecule has 18 heavy (non-hydrogen) atoms. The molecule has 0 aliphatic heterocycles. The number of H-pyrrole nitrogens is 1. The Morgan fingerprint density at radius 2 is 2.28 bits per heavy atom. The number of hydrogen-bond donors (Lipinski definition) is 2. The lowest BCUT2D eigenvalue weighted by Crippen LogP contribution is -2.22. The summed E-state index contributed by atoms with van der Waals surface area (Å²) in [7, 11) is 0. The van der Waals surface area contributed by atoms with Crippen molar-refractivity contribution in [1.29, 1.82) is 0 Å². The first kappa shape index (κ1) is 10.6. The molecule has 5 heteroatoms. The smallest absolute Gasteiger partial charge is 0.251 e. The topological polar surface area (TPSA) is 70.9 Å². The number of nitrogens with one attached hydrogen (secondary N) is 2. The number of hydrogen-bond acceptors (Lipinski definition) is 3. The van der Waals surface area contributed by atoms with Gasteiger partial charge in [0.15, 0.2) is 5.76 Å². The van der Waals surface area contributed by atoms with Gasteiger partial charge in [-0.3, -0.25) is 4.79 Å². The molecule has 0 spiro atoms. The van der Waals surface area contributed by atoms with Gasteiger partial charge < -0.3 is 14.8 Å². The lowest BCUT2D eigenvalue weighted by atomic mass is 10.1. The number of carbonyl (C=O) groups excluding carboxylic acids is 1. The summed E-state index contributed by atoms with van der Waals surface area (Å²) in [4.78, 5) is 15.0. The van der Waals surface area contributed by atoms with Crippen LogP contribution in [0.1, 0.15) is 16.1 Å². The van der Waals surface area contributed by atoms with Crippen molar-refractivity contribution in [1.82, 2.24) is 15.5 Å². The Hall–Kier alpha value is -2.56. The molecule has 0 saturated carbocycles. The van der Waals surface area contributed by atoms with Crippen LogP contribution in [-0.4, -0.2) is 16.0 Å². The maximum atomic E-state index is 11.9. The highest BCUT2D eigenvalue weighted by Crippen LogP contribution is 2.14. The van der Waals surface area contributed by atoms with Gasteiger partial charge in [-0.2, -0.15) is 0 Å². The lowest BCUT2D eigenvalue weighted by molar-refractivity contribution is 0.0947. The van der Waals surface area contributed by atoms with Crippen LogP contribution in [0.5, 0.6) is 0 Å². The molecule has 1 aromatic carbocycles. The zero-order valence-corrected chi connectivity index (χ0v) is 9.51. The van der Waals surface area contributed by atoms with Crippen molar-refractivity contribution < 1.29 is 9.32 Å². The van der Waals surface area contributed by atoms with Gasteiger partial charge in [0.1, 0.15) is 0 Å². The minimum absolute atomic E-state index is 0.136. The summed E-state index contributed by atoms with van der Waals surface area (Å²) in [6, 6.07) is 9.21. The summed E-state index contributed by atoms with van der Waals surface area (Å²) in [6.45, 7) is 0.335. The molecule has 0 bridgehead atoms. The van der Waals surface area contributed by atoms with Crippen molar-refractivity contribution in [3.05, 3.63) is 54.0 Å². The van der Waals surface area contributed by atoms with Crippen LogP contribution in [0, 0.1) is 0 Å². The van der Waals surface area contributed by atoms with E-state index in [1.165, 1.54) is 0 Å². The zero-order chi connectivity index (χ0) is 12.4. The van der Waals surface area contributed by atoms with E-state index in [4.69, 9.17) is 4.52 Å². The fourth-order valence-electron chi connectivity index (χ4n) is 1.79. The van der Waals surface area contributed by atoms with Gasteiger partial charge in [0.25, 0.3) is 5.91 Å². The van der Waals surface area contributed by atoms with Gasteiger partial charge in [0, 0.05) is 23.3 Å². The van der Waals surface area contributed by atoms with Crippen LogP contribution in [0.15, 0.2) is 47.2 Å². The zero-order valence-electron chi connectivity index (χ0n) is 9.51. The Morgan fingerprint density at radius 3 is 3.11 bits per heavy atom. The van der Waals surface area contributed by atoms with Gasteiger partial charge in [-0.25, -0.2) is 0 Å². The Kier molecular flexibility index (Phi) is 2.57. The summed E-state index contributed by atoms with van der Waals surface area (Å²) < 4.78 is 4.91. The second-order valence-electron chi connectivity index (χ2n) is 3.94. The first-order valence-electron chi connectivity index (χ1n) is 5.58. The van der Waals surface area contributed by atoms with Gasteiger partial charge in [-0.05, 0) is 23.6 Å². The van der Waals surface area contributed by atoms with Crippen molar-refractivity contribution >= 4 is 16.8 Å². The van der Waals surface area contributed by atoms with Gasteiger partial charge in [-0.15, -0.1) is 0 Å². The summed E-state index contributed by atoms with van der Waals surface area (Å²) in [5.74, 6) is 0.493. The highest BCUT2D eigenvalue weighted by Gasteiger charge is 2.07. The molecule has 3 aromatic rings. The largest absolute Gasteiger partial charge is 0.361 e. The Labute approximate surface area is 103 Å². The second kappa shape index (κ2) is 4.37. The average molecular weight is 241 g/mol. The SMILES string of the molecule is O=C(NCc1ccno1)c1ccc2cc[nH]c2c1. The van der Waals surface area contributed by atoms with Crippen molar-refractivity contribution in [3.8, 4) is 0 Å². The number of nitrogens with zero attached hydrogens (tertiary/aromatic N) is 1. The quantitative estimate of drug-likeness (QED) is 0.737. The summed E-state index contributed by atoms with van der Waals surface area (Å²) >= 11 is 0. The fraction of sp³-hybridized carbons (Fsp3) is 0.0769. The maximum absolute atomic E-state index is 11.9. The van der Waals surface area contributed by atoms with Crippen LogP contribution < -0.4 is 5.32 Å². The third kappa shape index (κ3) is 1.98. The maximum Gasteiger partial charge on any atom is 0.251 e. The highest BCUT2D eigenvalue weighted by atomic mass is 16.5. The number of aromatic amines is 1. The molecule has 0 unspecified atom stereocenters. The number of rotatable bonds is 3. The molecule has 0 fully saturated rings. The number of fused-ring (bicyclic) bond motifs is 1. The molecule has 5 nitrogen and oxygen atoms in total. The number of benzene rings is 1. The average Bonchev–Trinajstić information content (AvgIpc) is 3.05. The Bertz CT molecular complexity index is 670. The summed E-state index contributed by atoms with van der Waals surface area (Å²) in [5.41, 5.74) is 1.56. The van der Waals surface area contributed by atoms with Crippen LogP contribution >= 0.6 is 0 Å². The molecule has 0 radical (unpaired) electrons. The van der Waals surface area contributed by atoms with Gasteiger partial charge in [0.2, 0.25) is 0 Å². The highest BCUT2D eigenvalue weighted by molar-refractivity contribution is 5.97. The van der Waals surface area contributed by atoms with Crippen LogP contribution in [0.3, 0.4) is 0 Å². The molecule has 2 heterocycles. The van der Waals surface area contributed by atoms with E-state index >= 15 is 0 Å². The minimum Gasteiger partial charge on any atom is -0.361 e. The third-order valence-corrected chi connectivity index (χ3v) is 2.73. The van der Waals surface area contributed by atoms with E-state index in [1.807, 2.05) is 24.4 Å². The normalized spacial score (nSPS) is 10.7. The molecule has 0 aliphatic rings. The van der Waals surface area contributed by atoms with Crippen molar-refractivity contribution in [3.63, 3.8) is 0 Å². The molecule has 0 atom stereocenters. The molecular weight excluding hydrogens is 230 g/mol. The molecule has 2 N–H and O–H groups in total. The van der Waals surface area contributed by atoms with E-state index in [2.05, 4.69) is 15.5 Å². The first-order chi connectivity index (χ1) is 8.83. The van der Waals surface area contributed by atoms with Crippen LogP contribution in [0.2, 0.25) is 0 Å². The van der Waals surface area contributed by atoms with Crippen molar-refractivity contribution in [2.45, 2.75) is 6.54 Å². The standard InChI is InChI=1S/C13H11N3O2/c17-13(15-8-11-4-6-16-18-11)10-2-1-9-3-5-14-12(9)7-10/h1-7,14H,8H2,(H,15,17). The van der Waals surface area contributed by atoms with Crippen LogP contribution in [0.4, 0.5) is 0 Å². The fourth-order valence-corrected chi connectivity index (χ4v) is 1.79. The van der Waals surface area contributed by atoms with E-state index in [-0.39, 0.29) is 5.91 Å². The van der Waals surface area contributed by atoms with Gasteiger partial charge in [-0.1, -0.05) is 11.2 Å². The molecule has 0 saturated heterocycles. The van der Waals surface area contributed by atoms with Crippen LogP contribution in [-0.2, 0) is 6.54 Å². The first-order valence-corrected chi connectivity index (χ1v) is 5.58. The van der Waals surface area contributed by atoms with Crippen molar-refractivity contribution in [2.24, 2.45) is 0 Å². The van der Waals surface area contributed by atoms with E-state index in [0.29, 0.717) is 17.9 Å². The predicted molar refractivity (Wildman–Crippen MR) is 66.0 cm³/mol. The van der Waals surface area contributed by atoms with E-state index in [9.17, 15) is 4.79 Å². The number of amides is 1. The molecule has 3 rings (SSSR count). The minimum atomic E-state index is -0.136. The summed E-state index contributed by atoms with van der Waals surface area (Å²) in [6.07, 6.45) is 3.40. The van der Waals surface area contributed by atoms with Gasteiger partial charge in [0.05, 0.1) is 12.7 Å². The monoisotopic (exact) mass is 241 g/mol. The van der Waals surface area contributed by atoms with Crippen molar-refractivity contribution in [2.75, 3.05) is 0 Å². The molecule has 2 aromatic heterocycles. The molecular formula is C13H11N3O2. The third-order valence-electron chi connectivity index (χ3n) is 2.73. The number of carbonyl (C=O) groups is 1. The lowest BCUT2D eigenvalue weighted by Gasteiger charge is -2.03. The molecule has 90 valence electrons. The second-order valence-corrected chi connectivity index (χ2v) is 3.94. The number of aromatic nitrogens is 2. The van der Waals surface area contributed by atoms with E-state index < -0.39 is 0 Å². The van der Waals surface area contributed by atoms with Crippen LogP contribution in [0.25, 0.3) is 10.9 Å². The summed E-state index contributed by atoms with van der Waals surface area (Å²) in [5, 5.41) is 7.43.